The Hall–Kier alpha value is -2.29. The zero-order valence-corrected chi connectivity index (χ0v) is 16.4. The van der Waals surface area contributed by atoms with Crippen LogP contribution in [0.4, 0.5) is 4.79 Å². The van der Waals surface area contributed by atoms with Gasteiger partial charge < -0.3 is 15.4 Å². The summed E-state index contributed by atoms with van der Waals surface area (Å²) in [6, 6.07) is 13.1. The lowest BCUT2D eigenvalue weighted by molar-refractivity contribution is 0.241. The fraction of sp³-hybridized carbons (Fsp3) is 0.278. The average molecular weight is 412 g/mol. The fourth-order valence-electron chi connectivity index (χ4n) is 2.27. The van der Waals surface area contributed by atoms with Crippen LogP contribution in [0.3, 0.4) is 0 Å². The number of urea groups is 1. The Balaban J connectivity index is 1.67. The second kappa shape index (κ2) is 10.1. The van der Waals surface area contributed by atoms with Crippen molar-refractivity contribution in [1.82, 2.24) is 15.4 Å². The van der Waals surface area contributed by atoms with Crippen molar-refractivity contribution in [3.05, 3.63) is 59.1 Å². The molecule has 7 nitrogen and oxygen atoms in total. The van der Waals surface area contributed by atoms with Crippen LogP contribution >= 0.6 is 11.6 Å². The number of hydrogen-bond donors (Lipinski definition) is 3. The van der Waals surface area contributed by atoms with Crippen LogP contribution in [-0.2, 0) is 16.4 Å². The van der Waals surface area contributed by atoms with Crippen molar-refractivity contribution in [3.63, 3.8) is 0 Å². The van der Waals surface area contributed by atoms with Crippen molar-refractivity contribution in [3.8, 4) is 5.75 Å². The molecular formula is C18H22ClN3O4S. The number of carbonyl (C=O) groups excluding carboxylic acids is 1. The van der Waals surface area contributed by atoms with E-state index in [0.29, 0.717) is 23.7 Å². The zero-order chi connectivity index (χ0) is 19.7. The number of benzene rings is 2. The molecule has 2 aromatic carbocycles. The lowest BCUT2D eigenvalue weighted by atomic mass is 10.1. The van der Waals surface area contributed by atoms with Crippen LogP contribution in [0.15, 0.2) is 53.4 Å². The van der Waals surface area contributed by atoms with Gasteiger partial charge in [0.1, 0.15) is 5.75 Å². The highest BCUT2D eigenvalue weighted by Gasteiger charge is 2.13. The van der Waals surface area contributed by atoms with E-state index in [9.17, 15) is 13.2 Å². The third-order valence-electron chi connectivity index (χ3n) is 3.66. The van der Waals surface area contributed by atoms with Gasteiger partial charge in [-0.2, -0.15) is 0 Å². The van der Waals surface area contributed by atoms with E-state index in [0.717, 1.165) is 5.56 Å². The van der Waals surface area contributed by atoms with Crippen molar-refractivity contribution in [2.75, 3.05) is 26.7 Å². The molecule has 0 bridgehead atoms. The van der Waals surface area contributed by atoms with Crippen LogP contribution < -0.4 is 20.1 Å². The van der Waals surface area contributed by atoms with E-state index in [2.05, 4.69) is 15.4 Å². The van der Waals surface area contributed by atoms with Crippen molar-refractivity contribution in [1.29, 1.82) is 0 Å². The summed E-state index contributed by atoms with van der Waals surface area (Å²) in [6.45, 7) is 0.693. The van der Waals surface area contributed by atoms with Gasteiger partial charge in [-0.25, -0.2) is 17.9 Å². The maximum atomic E-state index is 12.1. The minimum absolute atomic E-state index is 0.0794. The molecule has 0 fully saturated rings. The highest BCUT2D eigenvalue weighted by atomic mass is 35.5. The van der Waals surface area contributed by atoms with Gasteiger partial charge in [-0.1, -0.05) is 23.7 Å². The molecule has 0 aromatic heterocycles. The van der Waals surface area contributed by atoms with Crippen LogP contribution in [0.1, 0.15) is 5.56 Å². The summed E-state index contributed by atoms with van der Waals surface area (Å²) in [4.78, 5) is 11.9. The minimum atomic E-state index is -3.63. The average Bonchev–Trinajstić information content (AvgIpc) is 2.65. The second-order valence-corrected chi connectivity index (χ2v) is 7.84. The highest BCUT2D eigenvalue weighted by Crippen LogP contribution is 2.15. The summed E-state index contributed by atoms with van der Waals surface area (Å²) in [5.41, 5.74) is 1.02. The van der Waals surface area contributed by atoms with Gasteiger partial charge in [0, 0.05) is 24.7 Å². The first-order valence-corrected chi connectivity index (χ1v) is 10.2. The first-order valence-electron chi connectivity index (χ1n) is 8.30. The Kier molecular flexibility index (Phi) is 7.90. The molecule has 0 spiro atoms. The molecule has 0 unspecified atom stereocenters. The first kappa shape index (κ1) is 21.0. The molecule has 0 atom stereocenters. The van der Waals surface area contributed by atoms with E-state index in [1.165, 1.54) is 19.2 Å². The lowest BCUT2D eigenvalue weighted by Gasteiger charge is -2.10. The van der Waals surface area contributed by atoms with E-state index in [4.69, 9.17) is 16.3 Å². The summed E-state index contributed by atoms with van der Waals surface area (Å²) < 4.78 is 31.7. The summed E-state index contributed by atoms with van der Waals surface area (Å²) in [5, 5.41) is 5.96. The van der Waals surface area contributed by atoms with Gasteiger partial charge in [0.15, 0.2) is 0 Å². The van der Waals surface area contributed by atoms with E-state index in [1.54, 1.807) is 18.2 Å². The molecule has 0 saturated carbocycles. The predicted octanol–water partition coefficient (Wildman–Crippen LogP) is 2.17. The normalized spacial score (nSPS) is 11.0. The van der Waals surface area contributed by atoms with E-state index >= 15 is 0 Å². The lowest BCUT2D eigenvalue weighted by Crippen LogP contribution is -2.40. The Morgan fingerprint density at radius 1 is 1.04 bits per heavy atom. The van der Waals surface area contributed by atoms with Crippen molar-refractivity contribution in [2.45, 2.75) is 11.3 Å². The summed E-state index contributed by atoms with van der Waals surface area (Å²) >= 11 is 5.91. The van der Waals surface area contributed by atoms with Gasteiger partial charge in [-0.15, -0.1) is 0 Å². The predicted molar refractivity (Wildman–Crippen MR) is 105 cm³/mol. The third-order valence-corrected chi connectivity index (χ3v) is 5.37. The Labute approximate surface area is 164 Å². The quantitative estimate of drug-likeness (QED) is 0.551. The first-order chi connectivity index (χ1) is 12.9. The SMILES string of the molecule is COc1ccc(S(=O)(=O)NCCNC(=O)NCCc2cccc(Cl)c2)cc1. The Morgan fingerprint density at radius 3 is 2.41 bits per heavy atom. The number of sulfonamides is 1. The molecule has 2 rings (SSSR count). The van der Waals surface area contributed by atoms with Crippen LogP contribution in [0, 0.1) is 0 Å². The van der Waals surface area contributed by atoms with Gasteiger partial charge in [-0.05, 0) is 48.4 Å². The summed E-state index contributed by atoms with van der Waals surface area (Å²) in [6.07, 6.45) is 0.651. The van der Waals surface area contributed by atoms with Crippen LogP contribution in [-0.4, -0.2) is 41.2 Å². The summed E-state index contributed by atoms with van der Waals surface area (Å²) in [5.74, 6) is 0.574. The van der Waals surface area contributed by atoms with Crippen molar-refractivity contribution in [2.24, 2.45) is 0 Å². The molecule has 3 N–H and O–H groups in total. The summed E-state index contributed by atoms with van der Waals surface area (Å²) in [7, 11) is -2.12. The van der Waals surface area contributed by atoms with Gasteiger partial charge in [0.2, 0.25) is 10.0 Å². The van der Waals surface area contributed by atoms with Gasteiger partial charge in [-0.3, -0.25) is 0 Å². The molecule has 0 radical (unpaired) electrons. The van der Waals surface area contributed by atoms with Crippen molar-refractivity contribution >= 4 is 27.7 Å². The number of amides is 2. The van der Waals surface area contributed by atoms with Crippen molar-refractivity contribution < 1.29 is 17.9 Å². The topological polar surface area (TPSA) is 96.5 Å². The van der Waals surface area contributed by atoms with E-state index in [-0.39, 0.29) is 24.0 Å². The Morgan fingerprint density at radius 2 is 1.74 bits per heavy atom. The molecule has 2 amide bonds. The number of ether oxygens (including phenoxy) is 1. The molecule has 27 heavy (non-hydrogen) atoms. The molecule has 0 saturated heterocycles. The van der Waals surface area contributed by atoms with Crippen LogP contribution in [0.5, 0.6) is 5.75 Å². The molecule has 0 aliphatic carbocycles. The number of carbonyl (C=O) groups is 1. The molecule has 9 heteroatoms. The van der Waals surface area contributed by atoms with Gasteiger partial charge in [0.25, 0.3) is 0 Å². The van der Waals surface area contributed by atoms with Crippen LogP contribution in [0.25, 0.3) is 0 Å². The van der Waals surface area contributed by atoms with E-state index in [1.807, 2.05) is 18.2 Å². The standard InChI is InChI=1S/C18H22ClN3O4S/c1-26-16-5-7-17(8-6-16)27(24,25)22-12-11-21-18(23)20-10-9-14-3-2-4-15(19)13-14/h2-8,13,22H,9-12H2,1H3,(H2,20,21,23). The number of hydrogen-bond acceptors (Lipinski definition) is 4. The van der Waals surface area contributed by atoms with Crippen LogP contribution in [0.2, 0.25) is 5.02 Å². The fourth-order valence-corrected chi connectivity index (χ4v) is 3.52. The number of nitrogens with one attached hydrogen (secondary N) is 3. The molecule has 0 aliphatic heterocycles. The second-order valence-electron chi connectivity index (χ2n) is 5.64. The Bertz CT molecular complexity index is 857. The number of methoxy groups -OCH3 is 1. The number of halogens is 1. The molecular weight excluding hydrogens is 390 g/mol. The zero-order valence-electron chi connectivity index (χ0n) is 14.9. The smallest absolute Gasteiger partial charge is 0.314 e. The maximum Gasteiger partial charge on any atom is 0.314 e. The highest BCUT2D eigenvalue weighted by molar-refractivity contribution is 7.89. The third kappa shape index (κ3) is 7.09. The largest absolute Gasteiger partial charge is 0.497 e. The monoisotopic (exact) mass is 411 g/mol. The maximum absolute atomic E-state index is 12.1. The minimum Gasteiger partial charge on any atom is -0.497 e. The molecule has 146 valence electrons. The van der Waals surface area contributed by atoms with Gasteiger partial charge in [0.05, 0.1) is 12.0 Å². The van der Waals surface area contributed by atoms with E-state index < -0.39 is 10.0 Å². The van der Waals surface area contributed by atoms with Gasteiger partial charge >= 0.3 is 6.03 Å². The molecule has 0 heterocycles. The number of rotatable bonds is 9. The molecule has 0 aliphatic rings. The molecule has 2 aromatic rings.